The third kappa shape index (κ3) is 6.24. The maximum Gasteiger partial charge on any atom is 0.0890 e. The van der Waals surface area contributed by atoms with E-state index in [1.807, 2.05) is 5.00 Å². The summed E-state index contributed by atoms with van der Waals surface area (Å²) in [6.07, 6.45) is 1.61. The summed E-state index contributed by atoms with van der Waals surface area (Å²) in [4.78, 5) is 6.38. The number of rotatable bonds is 3. The lowest BCUT2D eigenvalue weighted by Crippen LogP contribution is -1.98. The highest BCUT2D eigenvalue weighted by atomic mass is 35.5. The number of halogens is 2. The molecule has 0 aliphatic heterocycles. The van der Waals surface area contributed by atoms with Crippen LogP contribution in [0.5, 0.6) is 0 Å². The highest BCUT2D eigenvalue weighted by Gasteiger charge is 1.71. The molecule has 0 aromatic heterocycles. The van der Waals surface area contributed by atoms with Crippen molar-refractivity contribution in [2.75, 3.05) is 6.61 Å². The Morgan fingerprint density at radius 3 is 2.86 bits per heavy atom. The van der Waals surface area contributed by atoms with Crippen molar-refractivity contribution in [2.24, 2.45) is 0 Å². The average Bonchev–Trinajstić information content (AvgIpc) is 1.69. The third-order valence-corrected chi connectivity index (χ3v) is 0.610. The first-order valence-electron chi connectivity index (χ1n) is 1.64. The van der Waals surface area contributed by atoms with Crippen LogP contribution in [0.4, 0.5) is 0 Å². The molecule has 7 heavy (non-hydrogen) atoms. The molecule has 0 radical (unpaired) electrons. The minimum Gasteiger partial charge on any atom is -0.282 e. The highest BCUT2D eigenvalue weighted by Crippen LogP contribution is 1.77. The Hall–Kier alpha value is 0.240. The molecule has 0 amide bonds. The molecule has 0 rings (SSSR count). The van der Waals surface area contributed by atoms with E-state index in [9.17, 15) is 0 Å². The van der Waals surface area contributed by atoms with Gasteiger partial charge in [-0.2, -0.15) is 0 Å². The van der Waals surface area contributed by atoms with Crippen LogP contribution in [-0.4, -0.2) is 6.61 Å². The lowest BCUT2D eigenvalue weighted by Gasteiger charge is -1.88. The summed E-state index contributed by atoms with van der Waals surface area (Å²) in [6, 6.07) is 0. The van der Waals surface area contributed by atoms with Gasteiger partial charge in [-0.05, 0) is 6.08 Å². The maximum absolute atomic E-state index is 5.11. The Balaban J connectivity index is 2.69. The van der Waals surface area contributed by atoms with Crippen LogP contribution in [0.25, 0.3) is 0 Å². The molecule has 0 saturated carbocycles. The molecule has 0 bridgehead atoms. The molecule has 0 aliphatic rings. The van der Waals surface area contributed by atoms with Crippen molar-refractivity contribution < 1.29 is 4.84 Å². The van der Waals surface area contributed by atoms with E-state index < -0.39 is 0 Å². The third-order valence-electron chi connectivity index (χ3n) is 0.323. The van der Waals surface area contributed by atoms with E-state index in [-0.39, 0.29) is 0 Å². The van der Waals surface area contributed by atoms with Crippen LogP contribution in [0.2, 0.25) is 0 Å². The van der Waals surface area contributed by atoms with Gasteiger partial charge in [0.2, 0.25) is 0 Å². The zero-order valence-corrected chi connectivity index (χ0v) is 5.04. The maximum atomic E-state index is 5.11. The van der Waals surface area contributed by atoms with Crippen molar-refractivity contribution in [3.8, 4) is 0 Å². The van der Waals surface area contributed by atoms with E-state index in [4.69, 9.17) is 23.4 Å². The molecule has 0 spiro atoms. The predicted molar refractivity (Wildman–Crippen MR) is 29.9 cm³/mol. The lowest BCUT2D eigenvalue weighted by atomic mass is 10.7. The molecule has 0 atom stereocenters. The first kappa shape index (κ1) is 7.24. The van der Waals surface area contributed by atoms with Crippen LogP contribution in [0, 0.1) is 0 Å². The quantitative estimate of drug-likeness (QED) is 0.365. The molecule has 2 nitrogen and oxygen atoms in total. The van der Waals surface area contributed by atoms with E-state index in [1.54, 1.807) is 6.08 Å². The molecule has 0 unspecified atom stereocenters. The summed E-state index contributed by atoms with van der Waals surface area (Å²) in [7, 11) is 0. The lowest BCUT2D eigenvalue weighted by molar-refractivity contribution is 0.122. The number of nitrogens with one attached hydrogen (secondary N) is 1. The number of hydrogen-bond donors (Lipinski definition) is 1. The van der Waals surface area contributed by atoms with E-state index in [0.29, 0.717) is 6.61 Å². The molecular formula is C3H5Cl2NO. The molecule has 4 heteroatoms. The SMILES string of the molecule is ClC=CCONCl. The van der Waals surface area contributed by atoms with Gasteiger partial charge in [-0.25, -0.2) is 0 Å². The summed E-state index contributed by atoms with van der Waals surface area (Å²) in [5.74, 6) is 0. The minimum absolute atomic E-state index is 0.382. The Morgan fingerprint density at radius 2 is 2.43 bits per heavy atom. The Kier molecular flexibility index (Phi) is 6.45. The van der Waals surface area contributed by atoms with Crippen molar-refractivity contribution in [2.45, 2.75) is 0 Å². The van der Waals surface area contributed by atoms with Gasteiger partial charge in [0.1, 0.15) is 0 Å². The second-order valence-corrected chi connectivity index (χ2v) is 1.16. The van der Waals surface area contributed by atoms with Gasteiger partial charge in [-0.15, -0.1) is 5.00 Å². The standard InChI is InChI=1S/C3H5Cl2NO/c4-2-1-3-7-6-5/h1-2,6H,3H2. The fraction of sp³-hybridized carbons (Fsp3) is 0.333. The van der Waals surface area contributed by atoms with Gasteiger partial charge in [0.15, 0.2) is 0 Å². The second-order valence-electron chi connectivity index (χ2n) is 0.750. The van der Waals surface area contributed by atoms with Gasteiger partial charge in [0, 0.05) is 17.3 Å². The van der Waals surface area contributed by atoms with Gasteiger partial charge < -0.3 is 0 Å². The van der Waals surface area contributed by atoms with Crippen LogP contribution in [0.3, 0.4) is 0 Å². The van der Waals surface area contributed by atoms with Gasteiger partial charge >= 0.3 is 0 Å². The topological polar surface area (TPSA) is 21.3 Å². The van der Waals surface area contributed by atoms with Crippen molar-refractivity contribution in [3.63, 3.8) is 0 Å². The first-order valence-corrected chi connectivity index (χ1v) is 2.46. The van der Waals surface area contributed by atoms with E-state index >= 15 is 0 Å². The smallest absolute Gasteiger partial charge is 0.0890 e. The largest absolute Gasteiger partial charge is 0.282 e. The Morgan fingerprint density at radius 1 is 1.71 bits per heavy atom. The van der Waals surface area contributed by atoms with Crippen LogP contribution in [-0.2, 0) is 4.84 Å². The monoisotopic (exact) mass is 141 g/mol. The summed E-state index contributed by atoms with van der Waals surface area (Å²) >= 11 is 9.99. The van der Waals surface area contributed by atoms with Crippen LogP contribution < -0.4 is 5.00 Å². The van der Waals surface area contributed by atoms with E-state index in [1.165, 1.54) is 5.54 Å². The normalized spacial score (nSPS) is 10.6. The van der Waals surface area contributed by atoms with E-state index in [0.717, 1.165) is 0 Å². The second kappa shape index (κ2) is 6.24. The zero-order valence-electron chi connectivity index (χ0n) is 3.53. The minimum atomic E-state index is 0.382. The summed E-state index contributed by atoms with van der Waals surface area (Å²) in [5.41, 5.74) is 1.36. The highest BCUT2D eigenvalue weighted by molar-refractivity contribution is 6.25. The van der Waals surface area contributed by atoms with Crippen molar-refractivity contribution >= 4 is 23.4 Å². The molecule has 0 heterocycles. The fourth-order valence-electron chi connectivity index (χ4n) is 0.116. The molecule has 1 N–H and O–H groups in total. The molecule has 0 aliphatic carbocycles. The van der Waals surface area contributed by atoms with E-state index in [2.05, 4.69) is 4.84 Å². The van der Waals surface area contributed by atoms with Crippen LogP contribution in [0.15, 0.2) is 11.6 Å². The molecule has 0 aromatic rings. The summed E-state index contributed by atoms with van der Waals surface area (Å²) in [6.45, 7) is 0.382. The van der Waals surface area contributed by atoms with Crippen molar-refractivity contribution in [1.82, 2.24) is 5.00 Å². The zero-order chi connectivity index (χ0) is 5.54. The Labute approximate surface area is 52.1 Å². The predicted octanol–water partition coefficient (Wildman–Crippen LogP) is 1.41. The fourth-order valence-corrected chi connectivity index (χ4v) is 0.252. The van der Waals surface area contributed by atoms with Gasteiger partial charge in [0.25, 0.3) is 0 Å². The summed E-state index contributed by atoms with van der Waals surface area (Å²) < 4.78 is 0. The van der Waals surface area contributed by atoms with Crippen LogP contribution in [0.1, 0.15) is 0 Å². The van der Waals surface area contributed by atoms with Crippen molar-refractivity contribution in [3.05, 3.63) is 11.6 Å². The van der Waals surface area contributed by atoms with Crippen LogP contribution >= 0.6 is 23.4 Å². The van der Waals surface area contributed by atoms with Crippen molar-refractivity contribution in [1.29, 1.82) is 0 Å². The van der Waals surface area contributed by atoms with Gasteiger partial charge in [0.05, 0.1) is 6.61 Å². The van der Waals surface area contributed by atoms with Gasteiger partial charge in [-0.1, -0.05) is 11.6 Å². The molecule has 42 valence electrons. The molecule has 0 fully saturated rings. The Bertz CT molecular complexity index is 56.9. The summed E-state index contributed by atoms with van der Waals surface area (Å²) in [5, 5.41) is 0. The first-order chi connectivity index (χ1) is 3.41. The molecule has 0 aromatic carbocycles. The molecule has 0 saturated heterocycles. The average molecular weight is 142 g/mol. The number of hydrogen-bond acceptors (Lipinski definition) is 2. The molecular weight excluding hydrogens is 137 g/mol. The van der Waals surface area contributed by atoms with Gasteiger partial charge in [-0.3, -0.25) is 4.84 Å².